The molecule has 5 heteroatoms. The molecule has 96 valence electrons. The fourth-order valence-electron chi connectivity index (χ4n) is 1.54. The smallest absolute Gasteiger partial charge is 0.337 e. The van der Waals surface area contributed by atoms with Crippen LogP contribution in [0.1, 0.15) is 15.9 Å². The molecule has 0 fully saturated rings. The summed E-state index contributed by atoms with van der Waals surface area (Å²) in [4.78, 5) is 14.9. The second-order valence-electron chi connectivity index (χ2n) is 3.79. The summed E-state index contributed by atoms with van der Waals surface area (Å²) in [5.74, 6) is -0.494. The summed E-state index contributed by atoms with van der Waals surface area (Å²) in [7, 11) is 0. The van der Waals surface area contributed by atoms with Crippen LogP contribution in [0.2, 0.25) is 0 Å². The Morgan fingerprint density at radius 2 is 2.11 bits per heavy atom. The normalized spacial score (nSPS) is 9.89. The lowest BCUT2D eigenvalue weighted by molar-refractivity contribution is 0.0698. The summed E-state index contributed by atoms with van der Waals surface area (Å²) in [6, 6.07) is 8.10. The van der Waals surface area contributed by atoms with Gasteiger partial charge in [0, 0.05) is 18.0 Å². The van der Waals surface area contributed by atoms with Crippen molar-refractivity contribution in [2.75, 3.05) is 5.73 Å². The van der Waals surface area contributed by atoms with Gasteiger partial charge in [-0.1, -0.05) is 12.6 Å². The van der Waals surface area contributed by atoms with Crippen molar-refractivity contribution in [1.29, 1.82) is 0 Å². The van der Waals surface area contributed by atoms with Gasteiger partial charge >= 0.3 is 5.97 Å². The number of carboxylic acid groups (broad SMARTS) is 1. The molecule has 0 aliphatic rings. The molecule has 0 radical (unpaired) electrons. The highest BCUT2D eigenvalue weighted by molar-refractivity contribution is 5.95. The van der Waals surface area contributed by atoms with Crippen LogP contribution in [0.25, 0.3) is 5.76 Å². The van der Waals surface area contributed by atoms with E-state index < -0.39 is 5.97 Å². The molecule has 0 atom stereocenters. The molecule has 0 saturated carbocycles. The monoisotopic (exact) mass is 256 g/mol. The number of aromatic nitrogens is 1. The van der Waals surface area contributed by atoms with E-state index in [1.807, 2.05) is 0 Å². The van der Waals surface area contributed by atoms with E-state index in [1.165, 1.54) is 6.07 Å². The van der Waals surface area contributed by atoms with Crippen LogP contribution < -0.4 is 10.5 Å². The molecular formula is C14H12N2O3. The molecule has 0 unspecified atom stereocenters. The minimum Gasteiger partial charge on any atom is -0.478 e. The van der Waals surface area contributed by atoms with Gasteiger partial charge in [0.1, 0.15) is 5.76 Å². The molecule has 3 N–H and O–H groups in total. The van der Waals surface area contributed by atoms with E-state index in [-0.39, 0.29) is 17.0 Å². The number of carboxylic acids is 1. The van der Waals surface area contributed by atoms with Crippen molar-refractivity contribution < 1.29 is 14.6 Å². The number of nitrogen functional groups attached to an aromatic ring is 1. The number of hydrogen-bond acceptors (Lipinski definition) is 4. The SMILES string of the molecule is C=C(Oc1cccc(C(=O)O)c1N)c1cccnc1. The molecule has 19 heavy (non-hydrogen) atoms. The molecule has 0 amide bonds. The number of para-hydroxylation sites is 1. The molecule has 5 nitrogen and oxygen atoms in total. The molecule has 0 aliphatic heterocycles. The Labute approximate surface area is 110 Å². The largest absolute Gasteiger partial charge is 0.478 e. The van der Waals surface area contributed by atoms with Gasteiger partial charge in [0.2, 0.25) is 0 Å². The molecule has 2 rings (SSSR count). The second-order valence-corrected chi connectivity index (χ2v) is 3.79. The Morgan fingerprint density at radius 1 is 1.32 bits per heavy atom. The van der Waals surface area contributed by atoms with Gasteiger partial charge in [-0.15, -0.1) is 0 Å². The van der Waals surface area contributed by atoms with Crippen LogP contribution in [-0.4, -0.2) is 16.1 Å². The predicted molar refractivity (Wildman–Crippen MR) is 71.7 cm³/mol. The quantitative estimate of drug-likeness (QED) is 0.648. The highest BCUT2D eigenvalue weighted by Gasteiger charge is 2.13. The number of benzene rings is 1. The van der Waals surface area contributed by atoms with Crippen molar-refractivity contribution in [2.24, 2.45) is 0 Å². The van der Waals surface area contributed by atoms with Crippen LogP contribution in [-0.2, 0) is 0 Å². The third-order valence-electron chi connectivity index (χ3n) is 2.51. The molecule has 2 aromatic rings. The number of ether oxygens (including phenoxy) is 1. The van der Waals surface area contributed by atoms with Gasteiger partial charge in [0.05, 0.1) is 11.3 Å². The maximum Gasteiger partial charge on any atom is 0.337 e. The number of nitrogens with two attached hydrogens (primary N) is 1. The Kier molecular flexibility index (Phi) is 3.47. The zero-order valence-electron chi connectivity index (χ0n) is 10.0. The number of nitrogens with zero attached hydrogens (tertiary/aromatic N) is 1. The Hall–Kier alpha value is -2.82. The Bertz CT molecular complexity index is 624. The van der Waals surface area contributed by atoms with Crippen molar-refractivity contribution in [3.8, 4) is 5.75 Å². The third kappa shape index (κ3) is 2.71. The first kappa shape index (κ1) is 12.6. The number of carbonyl (C=O) groups is 1. The number of hydrogen-bond donors (Lipinski definition) is 2. The maximum atomic E-state index is 11.0. The lowest BCUT2D eigenvalue weighted by Crippen LogP contribution is -2.05. The van der Waals surface area contributed by atoms with Gasteiger partial charge in [-0.05, 0) is 24.3 Å². The van der Waals surface area contributed by atoms with E-state index >= 15 is 0 Å². The Balaban J connectivity index is 2.27. The van der Waals surface area contributed by atoms with Crippen molar-refractivity contribution in [3.63, 3.8) is 0 Å². The fourth-order valence-corrected chi connectivity index (χ4v) is 1.54. The molecule has 1 heterocycles. The van der Waals surface area contributed by atoms with Gasteiger partial charge in [-0.2, -0.15) is 0 Å². The van der Waals surface area contributed by atoms with Crippen LogP contribution in [0.15, 0.2) is 49.3 Å². The highest BCUT2D eigenvalue weighted by Crippen LogP contribution is 2.28. The number of pyridine rings is 1. The number of aromatic carboxylic acids is 1. The van der Waals surface area contributed by atoms with Crippen LogP contribution in [0, 0.1) is 0 Å². The first-order valence-electron chi connectivity index (χ1n) is 5.48. The molecule has 1 aromatic heterocycles. The van der Waals surface area contributed by atoms with Crippen molar-refractivity contribution in [1.82, 2.24) is 4.98 Å². The predicted octanol–water partition coefficient (Wildman–Crippen LogP) is 2.41. The van der Waals surface area contributed by atoms with Gasteiger partial charge in [-0.3, -0.25) is 4.98 Å². The zero-order valence-corrected chi connectivity index (χ0v) is 10.0. The molecular weight excluding hydrogens is 244 g/mol. The molecule has 0 spiro atoms. The van der Waals surface area contributed by atoms with Crippen molar-refractivity contribution in [3.05, 3.63) is 60.4 Å². The van der Waals surface area contributed by atoms with Crippen molar-refractivity contribution >= 4 is 17.4 Å². The van der Waals surface area contributed by atoms with E-state index in [9.17, 15) is 4.79 Å². The highest BCUT2D eigenvalue weighted by atomic mass is 16.5. The van der Waals surface area contributed by atoms with E-state index in [4.69, 9.17) is 15.6 Å². The van der Waals surface area contributed by atoms with Gasteiger partial charge < -0.3 is 15.6 Å². The van der Waals surface area contributed by atoms with Gasteiger partial charge in [0.25, 0.3) is 0 Å². The van der Waals surface area contributed by atoms with E-state index in [1.54, 1.807) is 36.7 Å². The molecule has 0 aliphatic carbocycles. The summed E-state index contributed by atoms with van der Waals surface area (Å²) in [5, 5.41) is 8.97. The van der Waals surface area contributed by atoms with Crippen molar-refractivity contribution in [2.45, 2.75) is 0 Å². The average Bonchev–Trinajstić information content (AvgIpc) is 2.41. The van der Waals surface area contributed by atoms with Crippen LogP contribution in [0.5, 0.6) is 5.75 Å². The van der Waals surface area contributed by atoms with Crippen LogP contribution >= 0.6 is 0 Å². The standard InChI is InChI=1S/C14H12N2O3/c1-9(10-4-3-7-16-8-10)19-12-6-2-5-11(13(12)15)14(17)18/h2-8H,1,15H2,(H,17,18). The van der Waals surface area contributed by atoms with Gasteiger partial charge in [-0.25, -0.2) is 4.79 Å². The number of rotatable bonds is 4. The first-order chi connectivity index (χ1) is 9.09. The minimum absolute atomic E-state index is 0.00325. The van der Waals surface area contributed by atoms with E-state index in [2.05, 4.69) is 11.6 Å². The average molecular weight is 256 g/mol. The van der Waals surface area contributed by atoms with E-state index in [0.29, 0.717) is 11.3 Å². The summed E-state index contributed by atoms with van der Waals surface area (Å²) < 4.78 is 5.50. The zero-order chi connectivity index (χ0) is 13.8. The lowest BCUT2D eigenvalue weighted by atomic mass is 10.1. The van der Waals surface area contributed by atoms with E-state index in [0.717, 1.165) is 0 Å². The summed E-state index contributed by atoms with van der Waals surface area (Å²) >= 11 is 0. The number of anilines is 1. The summed E-state index contributed by atoms with van der Waals surface area (Å²) in [5.41, 5.74) is 6.51. The lowest BCUT2D eigenvalue weighted by Gasteiger charge is -2.12. The van der Waals surface area contributed by atoms with Crippen LogP contribution in [0.4, 0.5) is 5.69 Å². The topological polar surface area (TPSA) is 85.4 Å². The minimum atomic E-state index is -1.10. The second kappa shape index (κ2) is 5.22. The Morgan fingerprint density at radius 3 is 2.74 bits per heavy atom. The summed E-state index contributed by atoms with van der Waals surface area (Å²) in [6.07, 6.45) is 3.23. The van der Waals surface area contributed by atoms with Crippen LogP contribution in [0.3, 0.4) is 0 Å². The molecule has 0 bridgehead atoms. The van der Waals surface area contributed by atoms with Gasteiger partial charge in [0.15, 0.2) is 5.75 Å². The third-order valence-corrected chi connectivity index (χ3v) is 2.51. The molecule has 1 aromatic carbocycles. The maximum absolute atomic E-state index is 11.0. The molecule has 0 saturated heterocycles. The first-order valence-corrected chi connectivity index (χ1v) is 5.48. The fraction of sp³-hybridized carbons (Fsp3) is 0. The summed E-state index contributed by atoms with van der Waals surface area (Å²) in [6.45, 7) is 3.77.